The summed E-state index contributed by atoms with van der Waals surface area (Å²) >= 11 is 0. The minimum absolute atomic E-state index is 0. The van der Waals surface area contributed by atoms with Gasteiger partial charge in [-0.05, 0) is 38.8 Å². The Bertz CT molecular complexity index is 237. The van der Waals surface area contributed by atoms with Gasteiger partial charge in [0.2, 0.25) is 0 Å². The minimum atomic E-state index is -0.698. The van der Waals surface area contributed by atoms with Gasteiger partial charge >= 0.3 is 57.4 Å². The van der Waals surface area contributed by atoms with E-state index in [0.717, 1.165) is 25.9 Å². The van der Waals surface area contributed by atoms with Crippen molar-refractivity contribution in [3.05, 3.63) is 0 Å². The van der Waals surface area contributed by atoms with Crippen LogP contribution in [0.3, 0.4) is 0 Å². The number of piperidine rings is 2. The van der Waals surface area contributed by atoms with Crippen molar-refractivity contribution in [2.45, 2.75) is 38.1 Å². The van der Waals surface area contributed by atoms with Gasteiger partial charge < -0.3 is 10.0 Å². The number of rotatable bonds is 3. The molecule has 4 nitrogen and oxygen atoms in total. The fraction of sp³-hybridized carbons (Fsp3) is 0.917. The second kappa shape index (κ2) is 8.25. The number of hydrogen-bond acceptors (Lipinski definition) is 3. The molecule has 0 bridgehead atoms. The first-order valence-corrected chi connectivity index (χ1v) is 6.44. The molecule has 0 aromatic rings. The molecule has 0 aromatic heterocycles. The Labute approximate surface area is 146 Å². The van der Waals surface area contributed by atoms with Crippen molar-refractivity contribution >= 4 is 57.4 Å². The van der Waals surface area contributed by atoms with Gasteiger partial charge in [0, 0.05) is 19.1 Å². The summed E-state index contributed by atoms with van der Waals surface area (Å²) in [5, 5.41) is 8.73. The van der Waals surface area contributed by atoms with Crippen LogP contribution in [-0.2, 0) is 4.79 Å². The predicted molar refractivity (Wildman–Crippen MR) is 69.7 cm³/mol. The summed E-state index contributed by atoms with van der Waals surface area (Å²) in [6.45, 7) is 4.63. The third kappa shape index (κ3) is 5.26. The molecule has 0 aliphatic carbocycles. The zero-order valence-corrected chi connectivity index (χ0v) is 9.90. The van der Waals surface area contributed by atoms with E-state index in [1.54, 1.807) is 0 Å². The molecular formula is C12H23KN2O2. The van der Waals surface area contributed by atoms with Crippen LogP contribution in [0.2, 0.25) is 0 Å². The Kier molecular flexibility index (Phi) is 7.80. The van der Waals surface area contributed by atoms with Crippen LogP contribution in [0.25, 0.3) is 0 Å². The van der Waals surface area contributed by atoms with Crippen molar-refractivity contribution in [3.63, 3.8) is 0 Å². The average molecular weight is 266 g/mol. The van der Waals surface area contributed by atoms with Crippen LogP contribution in [0.1, 0.15) is 32.1 Å². The van der Waals surface area contributed by atoms with Gasteiger partial charge in [0.25, 0.3) is 0 Å². The van der Waals surface area contributed by atoms with Gasteiger partial charge in [-0.25, -0.2) is 0 Å². The molecule has 5 heteroatoms. The number of likely N-dealkylation sites (tertiary alicyclic amines) is 2. The summed E-state index contributed by atoms with van der Waals surface area (Å²) in [4.78, 5) is 15.3. The first-order chi connectivity index (χ1) is 7.75. The predicted octanol–water partition coefficient (Wildman–Crippen LogP) is 0.373. The first kappa shape index (κ1) is 16.1. The number of aliphatic carboxylic acids is 1. The van der Waals surface area contributed by atoms with E-state index in [4.69, 9.17) is 5.11 Å². The molecule has 1 N–H and O–H groups in total. The molecule has 17 heavy (non-hydrogen) atoms. The summed E-state index contributed by atoms with van der Waals surface area (Å²) < 4.78 is 0. The van der Waals surface area contributed by atoms with Gasteiger partial charge in [-0.1, -0.05) is 6.42 Å². The maximum absolute atomic E-state index is 10.6. The van der Waals surface area contributed by atoms with E-state index in [9.17, 15) is 4.79 Å². The SMILES string of the molecule is O=C(O)CN1CCC(N2CCCCC2)CC1.[KH]. The molecule has 2 fully saturated rings. The number of hydrogen-bond donors (Lipinski definition) is 1. The Morgan fingerprint density at radius 2 is 1.65 bits per heavy atom. The van der Waals surface area contributed by atoms with Crippen LogP contribution in [0.5, 0.6) is 0 Å². The fourth-order valence-corrected chi connectivity index (χ4v) is 2.92. The Balaban J connectivity index is 0.00000144. The Morgan fingerprint density at radius 1 is 1.06 bits per heavy atom. The standard InChI is InChI=1S/C12H22N2O2.K.H/c15-12(16)10-13-8-4-11(5-9-13)14-6-2-1-3-7-14;;/h11H,1-10H2,(H,15,16);;. The second-order valence-electron chi connectivity index (χ2n) is 5.00. The summed E-state index contributed by atoms with van der Waals surface area (Å²) in [5.74, 6) is -0.698. The van der Waals surface area contributed by atoms with Gasteiger partial charge in [-0.3, -0.25) is 9.69 Å². The zero-order chi connectivity index (χ0) is 11.4. The molecule has 2 aliphatic rings. The monoisotopic (exact) mass is 266 g/mol. The van der Waals surface area contributed by atoms with Crippen molar-refractivity contribution < 1.29 is 9.90 Å². The molecule has 0 radical (unpaired) electrons. The van der Waals surface area contributed by atoms with Gasteiger partial charge in [0.05, 0.1) is 6.54 Å². The van der Waals surface area contributed by atoms with Crippen molar-refractivity contribution in [1.29, 1.82) is 0 Å². The van der Waals surface area contributed by atoms with Gasteiger partial charge in [-0.2, -0.15) is 0 Å². The molecule has 0 spiro atoms. The number of nitrogens with zero attached hydrogens (tertiary/aromatic N) is 2. The van der Waals surface area contributed by atoms with Crippen LogP contribution >= 0.6 is 0 Å². The van der Waals surface area contributed by atoms with E-state index < -0.39 is 5.97 Å². The normalized spacial score (nSPS) is 24.2. The van der Waals surface area contributed by atoms with Crippen molar-refractivity contribution in [2.75, 3.05) is 32.7 Å². The molecule has 0 atom stereocenters. The maximum atomic E-state index is 10.6. The van der Waals surface area contributed by atoms with Crippen LogP contribution in [0.15, 0.2) is 0 Å². The topological polar surface area (TPSA) is 43.8 Å². The average Bonchev–Trinajstić information content (AvgIpc) is 2.30. The molecule has 94 valence electrons. The summed E-state index contributed by atoms with van der Waals surface area (Å²) in [5.41, 5.74) is 0. The van der Waals surface area contributed by atoms with E-state index in [1.165, 1.54) is 32.4 Å². The van der Waals surface area contributed by atoms with Crippen LogP contribution in [0.4, 0.5) is 0 Å². The van der Waals surface area contributed by atoms with Crippen LogP contribution < -0.4 is 0 Å². The van der Waals surface area contributed by atoms with Gasteiger partial charge in [-0.15, -0.1) is 0 Å². The number of carbonyl (C=O) groups is 1. The molecule has 0 saturated carbocycles. The summed E-state index contributed by atoms with van der Waals surface area (Å²) in [6, 6.07) is 0.713. The van der Waals surface area contributed by atoms with E-state index in [0.29, 0.717) is 6.04 Å². The molecule has 2 saturated heterocycles. The van der Waals surface area contributed by atoms with Gasteiger partial charge in [0.1, 0.15) is 0 Å². The second-order valence-corrected chi connectivity index (χ2v) is 5.00. The molecule has 0 amide bonds. The van der Waals surface area contributed by atoms with Crippen molar-refractivity contribution in [1.82, 2.24) is 9.80 Å². The van der Waals surface area contributed by atoms with E-state index in [2.05, 4.69) is 9.80 Å². The third-order valence-corrected chi connectivity index (χ3v) is 3.82. The molecule has 0 aromatic carbocycles. The van der Waals surface area contributed by atoms with Crippen molar-refractivity contribution in [2.24, 2.45) is 0 Å². The Morgan fingerprint density at radius 3 is 2.18 bits per heavy atom. The van der Waals surface area contributed by atoms with Crippen LogP contribution in [-0.4, -0.2) is 111 Å². The molecule has 2 heterocycles. The fourth-order valence-electron chi connectivity index (χ4n) is 2.92. The molecular weight excluding hydrogens is 243 g/mol. The molecule has 2 rings (SSSR count). The quantitative estimate of drug-likeness (QED) is 0.750. The first-order valence-electron chi connectivity index (χ1n) is 6.44. The summed E-state index contributed by atoms with van der Waals surface area (Å²) in [6.07, 6.45) is 6.36. The third-order valence-electron chi connectivity index (χ3n) is 3.82. The molecule has 0 unspecified atom stereocenters. The number of carboxylic acids is 1. The molecule has 2 aliphatic heterocycles. The van der Waals surface area contributed by atoms with E-state index in [-0.39, 0.29) is 57.9 Å². The van der Waals surface area contributed by atoms with Crippen LogP contribution in [0, 0.1) is 0 Å². The van der Waals surface area contributed by atoms with E-state index >= 15 is 0 Å². The van der Waals surface area contributed by atoms with Crippen molar-refractivity contribution in [3.8, 4) is 0 Å². The van der Waals surface area contributed by atoms with E-state index in [1.807, 2.05) is 0 Å². The summed E-state index contributed by atoms with van der Waals surface area (Å²) in [7, 11) is 0. The van der Waals surface area contributed by atoms with Gasteiger partial charge in [0.15, 0.2) is 0 Å². The number of carboxylic acid groups (broad SMARTS) is 1. The Hall–Kier alpha value is 1.03. The zero-order valence-electron chi connectivity index (χ0n) is 9.90.